The Bertz CT molecular complexity index is 457. The number of hydrogen-bond donors (Lipinski definition) is 0. The van der Waals surface area contributed by atoms with Crippen LogP contribution >= 0.6 is 0 Å². The highest BCUT2D eigenvalue weighted by atomic mass is 16.5. The van der Waals surface area contributed by atoms with Crippen LogP contribution in [0.15, 0.2) is 18.3 Å². The molecule has 1 aromatic heterocycles. The summed E-state index contributed by atoms with van der Waals surface area (Å²) < 4.78 is 4.67. The van der Waals surface area contributed by atoms with E-state index >= 15 is 0 Å². The van der Waals surface area contributed by atoms with Crippen LogP contribution < -0.4 is 4.90 Å². The first-order chi connectivity index (χ1) is 9.49. The lowest BCUT2D eigenvalue weighted by atomic mass is 10.2. The Morgan fingerprint density at radius 2 is 2.00 bits per heavy atom. The second-order valence-electron chi connectivity index (χ2n) is 4.60. The van der Waals surface area contributed by atoms with Crippen molar-refractivity contribution in [2.45, 2.75) is 13.3 Å². The predicted octanol–water partition coefficient (Wildman–Crippen LogP) is 1.17. The summed E-state index contributed by atoms with van der Waals surface area (Å²) in [5.74, 6) is 0.250. The van der Waals surface area contributed by atoms with Gasteiger partial charge in [0, 0.05) is 26.8 Å². The first-order valence-corrected chi connectivity index (χ1v) is 6.49. The van der Waals surface area contributed by atoms with E-state index < -0.39 is 0 Å². The largest absolute Gasteiger partial charge is 0.468 e. The van der Waals surface area contributed by atoms with Crippen molar-refractivity contribution in [2.75, 3.05) is 39.2 Å². The molecule has 0 bridgehead atoms. The molecule has 0 radical (unpaired) electrons. The Hall–Kier alpha value is -2.11. The number of nitrogens with zero attached hydrogens (tertiary/aromatic N) is 3. The third kappa shape index (κ3) is 4.22. The second-order valence-corrected chi connectivity index (χ2v) is 4.60. The van der Waals surface area contributed by atoms with Crippen LogP contribution in [0.3, 0.4) is 0 Å². The number of ether oxygens (including phenoxy) is 1. The Morgan fingerprint density at radius 3 is 2.45 bits per heavy atom. The summed E-state index contributed by atoms with van der Waals surface area (Å²) in [5.41, 5.74) is 0.522. The van der Waals surface area contributed by atoms with E-state index in [0.717, 1.165) is 6.42 Å². The molecule has 0 fully saturated rings. The summed E-state index contributed by atoms with van der Waals surface area (Å²) in [6, 6.07) is 3.46. The maximum Gasteiger partial charge on any atom is 0.325 e. The normalized spacial score (nSPS) is 10.0. The zero-order valence-corrected chi connectivity index (χ0v) is 12.4. The molecule has 1 rings (SSSR count). The number of hydrogen-bond acceptors (Lipinski definition) is 5. The van der Waals surface area contributed by atoms with Gasteiger partial charge in [0.15, 0.2) is 0 Å². The van der Waals surface area contributed by atoms with E-state index in [1.807, 2.05) is 11.8 Å². The fourth-order valence-corrected chi connectivity index (χ4v) is 1.72. The molecule has 6 heteroatoms. The van der Waals surface area contributed by atoms with Crippen molar-refractivity contribution < 1.29 is 14.3 Å². The Balaban J connectivity index is 2.87. The fraction of sp³-hybridized carbons (Fsp3) is 0.500. The molecule has 20 heavy (non-hydrogen) atoms. The van der Waals surface area contributed by atoms with Gasteiger partial charge in [-0.1, -0.05) is 6.92 Å². The van der Waals surface area contributed by atoms with Crippen LogP contribution in [0.1, 0.15) is 23.7 Å². The van der Waals surface area contributed by atoms with Crippen molar-refractivity contribution in [1.82, 2.24) is 9.88 Å². The molecule has 1 amide bonds. The highest BCUT2D eigenvalue weighted by molar-refractivity contribution is 5.93. The molecule has 0 saturated carbocycles. The molecule has 0 aliphatic heterocycles. The van der Waals surface area contributed by atoms with Crippen molar-refractivity contribution in [2.24, 2.45) is 0 Å². The summed E-state index contributed by atoms with van der Waals surface area (Å²) in [5, 5.41) is 0. The number of esters is 1. The lowest BCUT2D eigenvalue weighted by molar-refractivity contribution is -0.138. The number of amides is 1. The SMILES string of the molecule is CCCN(CC(=O)OC)c1ccc(C(=O)N(C)C)cn1. The number of pyridine rings is 1. The minimum absolute atomic E-state index is 0.0981. The van der Waals surface area contributed by atoms with Crippen LogP contribution in [0, 0.1) is 0 Å². The van der Waals surface area contributed by atoms with Gasteiger partial charge in [-0.2, -0.15) is 0 Å². The van der Waals surface area contributed by atoms with E-state index in [2.05, 4.69) is 9.72 Å². The van der Waals surface area contributed by atoms with E-state index in [9.17, 15) is 9.59 Å². The van der Waals surface area contributed by atoms with E-state index in [-0.39, 0.29) is 18.4 Å². The van der Waals surface area contributed by atoms with E-state index in [4.69, 9.17) is 0 Å². The average molecular weight is 279 g/mol. The molecule has 1 aromatic rings. The lowest BCUT2D eigenvalue weighted by Crippen LogP contribution is -2.32. The number of rotatable bonds is 6. The van der Waals surface area contributed by atoms with Crippen LogP contribution in [-0.2, 0) is 9.53 Å². The molecule has 110 valence electrons. The Labute approximate surface area is 119 Å². The molecule has 0 unspecified atom stereocenters. The number of methoxy groups -OCH3 is 1. The molecular weight excluding hydrogens is 258 g/mol. The third-order valence-electron chi connectivity index (χ3n) is 2.77. The highest BCUT2D eigenvalue weighted by Gasteiger charge is 2.14. The fourth-order valence-electron chi connectivity index (χ4n) is 1.72. The summed E-state index contributed by atoms with van der Waals surface area (Å²) in [6.45, 7) is 2.87. The zero-order chi connectivity index (χ0) is 15.1. The third-order valence-corrected chi connectivity index (χ3v) is 2.77. The average Bonchev–Trinajstić information content (AvgIpc) is 2.46. The summed E-state index contributed by atoms with van der Waals surface area (Å²) in [7, 11) is 4.74. The van der Waals surface area contributed by atoms with Crippen LogP contribution in [0.5, 0.6) is 0 Å². The van der Waals surface area contributed by atoms with Crippen LogP contribution in [0.25, 0.3) is 0 Å². The van der Waals surface area contributed by atoms with Gasteiger partial charge in [0.25, 0.3) is 5.91 Å². The minimum Gasteiger partial charge on any atom is -0.468 e. The minimum atomic E-state index is -0.311. The van der Waals surface area contributed by atoms with Crippen molar-refractivity contribution in [3.05, 3.63) is 23.9 Å². The molecule has 0 aromatic carbocycles. The second kappa shape index (κ2) is 7.47. The van der Waals surface area contributed by atoms with Gasteiger partial charge in [-0.05, 0) is 18.6 Å². The molecule has 0 aliphatic carbocycles. The number of anilines is 1. The first kappa shape index (κ1) is 15.9. The number of carbonyl (C=O) groups excluding carboxylic acids is 2. The summed E-state index contributed by atoms with van der Waals surface area (Å²) in [6.07, 6.45) is 2.41. The van der Waals surface area contributed by atoms with E-state index in [1.54, 1.807) is 26.2 Å². The number of carbonyl (C=O) groups is 2. The molecule has 6 nitrogen and oxygen atoms in total. The standard InChI is InChI=1S/C14H21N3O3/c1-5-8-17(10-13(18)20-4)12-7-6-11(9-15-12)14(19)16(2)3/h6-7,9H,5,8,10H2,1-4H3. The van der Waals surface area contributed by atoms with Crippen molar-refractivity contribution >= 4 is 17.7 Å². The summed E-state index contributed by atoms with van der Waals surface area (Å²) in [4.78, 5) is 30.7. The molecule has 0 spiro atoms. The smallest absolute Gasteiger partial charge is 0.325 e. The van der Waals surface area contributed by atoms with Gasteiger partial charge >= 0.3 is 5.97 Å². The summed E-state index contributed by atoms with van der Waals surface area (Å²) >= 11 is 0. The monoisotopic (exact) mass is 279 g/mol. The van der Waals surface area contributed by atoms with Gasteiger partial charge in [-0.3, -0.25) is 9.59 Å². The Kier molecular flexibility index (Phi) is 5.96. The molecular formula is C14H21N3O3. The maximum absolute atomic E-state index is 11.8. The van der Waals surface area contributed by atoms with Gasteiger partial charge in [0.2, 0.25) is 0 Å². The lowest BCUT2D eigenvalue weighted by Gasteiger charge is -2.22. The van der Waals surface area contributed by atoms with Crippen LogP contribution in [-0.4, -0.2) is 56.1 Å². The maximum atomic E-state index is 11.8. The number of aromatic nitrogens is 1. The molecule has 1 heterocycles. The molecule has 0 atom stereocenters. The van der Waals surface area contributed by atoms with E-state index in [1.165, 1.54) is 18.2 Å². The van der Waals surface area contributed by atoms with Crippen LogP contribution in [0.4, 0.5) is 5.82 Å². The molecule has 0 saturated heterocycles. The van der Waals surface area contributed by atoms with Gasteiger partial charge in [-0.15, -0.1) is 0 Å². The van der Waals surface area contributed by atoms with Gasteiger partial charge < -0.3 is 14.5 Å². The zero-order valence-electron chi connectivity index (χ0n) is 12.4. The molecule has 0 N–H and O–H groups in total. The van der Waals surface area contributed by atoms with Crippen molar-refractivity contribution in [1.29, 1.82) is 0 Å². The first-order valence-electron chi connectivity index (χ1n) is 6.49. The quantitative estimate of drug-likeness (QED) is 0.732. The van der Waals surface area contributed by atoms with Gasteiger partial charge in [0.05, 0.1) is 12.7 Å². The van der Waals surface area contributed by atoms with Gasteiger partial charge in [-0.25, -0.2) is 4.98 Å². The van der Waals surface area contributed by atoms with Crippen LogP contribution in [0.2, 0.25) is 0 Å². The molecule has 0 aliphatic rings. The van der Waals surface area contributed by atoms with E-state index in [0.29, 0.717) is 17.9 Å². The van der Waals surface area contributed by atoms with Gasteiger partial charge in [0.1, 0.15) is 12.4 Å². The van der Waals surface area contributed by atoms with Crippen molar-refractivity contribution in [3.8, 4) is 0 Å². The predicted molar refractivity (Wildman–Crippen MR) is 76.8 cm³/mol. The van der Waals surface area contributed by atoms with Crippen molar-refractivity contribution in [3.63, 3.8) is 0 Å². The highest BCUT2D eigenvalue weighted by Crippen LogP contribution is 2.12. The topological polar surface area (TPSA) is 62.7 Å². The Morgan fingerprint density at radius 1 is 1.30 bits per heavy atom.